The van der Waals surface area contributed by atoms with Gasteiger partial charge < -0.3 is 9.26 Å². The Bertz CT molecular complexity index is 472. The molecule has 1 aromatic rings. The van der Waals surface area contributed by atoms with Crippen molar-refractivity contribution in [2.75, 3.05) is 0 Å². The highest BCUT2D eigenvalue weighted by Crippen LogP contribution is 2.21. The summed E-state index contributed by atoms with van der Waals surface area (Å²) in [6, 6.07) is 0. The zero-order chi connectivity index (χ0) is 19.6. The van der Waals surface area contributed by atoms with E-state index in [1.165, 1.54) is 6.92 Å². The van der Waals surface area contributed by atoms with Crippen molar-refractivity contribution in [1.29, 1.82) is 0 Å². The van der Waals surface area contributed by atoms with Crippen molar-refractivity contribution in [2.24, 2.45) is 0 Å². The maximum Gasteiger partial charge on any atom is 0.303 e. The van der Waals surface area contributed by atoms with Gasteiger partial charge in [0.2, 0.25) is 0 Å². The number of aryl methyl sites for hydroxylation is 1. The molecule has 142 valence electrons. The Balaban J connectivity index is 0. The number of aromatic nitrogens is 1. The summed E-state index contributed by atoms with van der Waals surface area (Å²) in [5, 5.41) is 3.91. The average Bonchev–Trinajstić information content (AvgIpc) is 2.69. The van der Waals surface area contributed by atoms with Crippen LogP contribution in [0.2, 0.25) is 0 Å². The predicted molar refractivity (Wildman–Crippen MR) is 103 cm³/mol. The number of hydrogen-bond donors (Lipinski definition) is 1. The normalized spacial score (nSPS) is 11.0. The smallest absolute Gasteiger partial charge is 0.303 e. The van der Waals surface area contributed by atoms with Crippen LogP contribution in [-0.2, 0) is 16.1 Å². The number of carbonyl (C=O) groups excluding carboxylic acids is 1. The molecule has 1 N–H and O–H groups in total. The van der Waals surface area contributed by atoms with Gasteiger partial charge in [-0.3, -0.25) is 9.52 Å². The van der Waals surface area contributed by atoms with Gasteiger partial charge in [0.15, 0.2) is 5.76 Å². The van der Waals surface area contributed by atoms with E-state index in [4.69, 9.17) is 9.26 Å². The Morgan fingerprint density at radius 1 is 1.17 bits per heavy atom. The topological polar surface area (TPSA) is 64.4 Å². The first-order valence-corrected chi connectivity index (χ1v) is 9.15. The van der Waals surface area contributed by atoms with Crippen LogP contribution in [0, 0.1) is 13.8 Å². The molecule has 0 fully saturated rings. The van der Waals surface area contributed by atoms with Gasteiger partial charge in [0, 0.05) is 17.2 Å². The van der Waals surface area contributed by atoms with Gasteiger partial charge in [-0.05, 0) is 55.4 Å². The molecule has 0 aliphatic carbocycles. The molecule has 0 aliphatic heterocycles. The van der Waals surface area contributed by atoms with Crippen molar-refractivity contribution in [2.45, 2.75) is 93.1 Å². The first-order chi connectivity index (χ1) is 10.8. The summed E-state index contributed by atoms with van der Waals surface area (Å²) < 4.78 is 13.5. The van der Waals surface area contributed by atoms with Crippen LogP contribution < -0.4 is 4.72 Å². The standard InChI is InChI=1S/C10H18N2OS.C6H12O2.C2H6/c1-7-8(2)12-13-9(7)6-11-14-10(3,4)5;1-5(7)8-6(2,3)4;1-2/h11H,6H2,1-5H3;1-4H3;1-2H3. The summed E-state index contributed by atoms with van der Waals surface area (Å²) in [7, 11) is 0. The molecular weight excluding hydrogens is 324 g/mol. The summed E-state index contributed by atoms with van der Waals surface area (Å²) in [4.78, 5) is 10.2. The number of nitrogens with zero attached hydrogens (tertiary/aromatic N) is 1. The lowest BCUT2D eigenvalue weighted by Gasteiger charge is -2.17. The van der Waals surface area contributed by atoms with Crippen LogP contribution in [-0.4, -0.2) is 21.5 Å². The number of carbonyl (C=O) groups is 1. The summed E-state index contributed by atoms with van der Waals surface area (Å²) >= 11 is 1.71. The fourth-order valence-corrected chi connectivity index (χ4v) is 2.01. The quantitative estimate of drug-likeness (QED) is 0.590. The van der Waals surface area contributed by atoms with E-state index in [0.29, 0.717) is 0 Å². The average molecular weight is 361 g/mol. The second-order valence-corrected chi connectivity index (χ2v) is 8.78. The predicted octanol–water partition coefficient (Wildman–Crippen LogP) is 5.20. The summed E-state index contributed by atoms with van der Waals surface area (Å²) in [5.41, 5.74) is 1.79. The van der Waals surface area contributed by atoms with E-state index < -0.39 is 0 Å². The summed E-state index contributed by atoms with van der Waals surface area (Å²) in [6.45, 7) is 22.2. The van der Waals surface area contributed by atoms with Crippen LogP contribution in [0.15, 0.2) is 4.52 Å². The molecule has 0 aromatic carbocycles. The molecule has 1 aromatic heterocycles. The van der Waals surface area contributed by atoms with Crippen LogP contribution in [0.25, 0.3) is 0 Å². The van der Waals surface area contributed by atoms with E-state index in [0.717, 1.165) is 23.6 Å². The van der Waals surface area contributed by atoms with E-state index in [9.17, 15) is 4.79 Å². The van der Waals surface area contributed by atoms with Gasteiger partial charge in [-0.2, -0.15) is 0 Å². The minimum atomic E-state index is -0.328. The van der Waals surface area contributed by atoms with E-state index >= 15 is 0 Å². The highest BCUT2D eigenvalue weighted by Gasteiger charge is 2.13. The number of nitrogens with one attached hydrogen (secondary N) is 1. The largest absolute Gasteiger partial charge is 0.460 e. The maximum absolute atomic E-state index is 10.2. The minimum Gasteiger partial charge on any atom is -0.460 e. The molecule has 24 heavy (non-hydrogen) atoms. The summed E-state index contributed by atoms with van der Waals surface area (Å²) in [6.07, 6.45) is 0. The lowest BCUT2D eigenvalue weighted by molar-refractivity contribution is -0.151. The Kier molecular flexibility index (Phi) is 12.1. The molecule has 0 radical (unpaired) electrons. The summed E-state index contributed by atoms with van der Waals surface area (Å²) in [5.74, 6) is 0.705. The SMILES string of the molecule is CC.CC(=O)OC(C)(C)C.Cc1noc(CNSC(C)(C)C)c1C. The molecule has 5 nitrogen and oxygen atoms in total. The van der Waals surface area contributed by atoms with E-state index in [1.54, 1.807) is 11.9 Å². The van der Waals surface area contributed by atoms with Gasteiger partial charge in [-0.25, -0.2) is 0 Å². The zero-order valence-corrected chi connectivity index (χ0v) is 18.1. The van der Waals surface area contributed by atoms with Crippen LogP contribution in [0.3, 0.4) is 0 Å². The molecule has 0 bridgehead atoms. The Morgan fingerprint density at radius 3 is 1.92 bits per heavy atom. The van der Waals surface area contributed by atoms with Gasteiger partial charge in [-0.15, -0.1) is 0 Å². The van der Waals surface area contributed by atoms with Crippen LogP contribution in [0.4, 0.5) is 0 Å². The van der Waals surface area contributed by atoms with E-state index in [-0.39, 0.29) is 16.3 Å². The van der Waals surface area contributed by atoms with Crippen LogP contribution in [0.1, 0.15) is 79.3 Å². The fourth-order valence-electron chi connectivity index (χ4n) is 1.38. The molecule has 1 rings (SSSR count). The molecule has 0 saturated carbocycles. The first kappa shape index (κ1) is 25.2. The zero-order valence-electron chi connectivity index (χ0n) is 17.3. The third kappa shape index (κ3) is 14.6. The van der Waals surface area contributed by atoms with Crippen molar-refractivity contribution < 1.29 is 14.1 Å². The van der Waals surface area contributed by atoms with E-state index in [2.05, 4.69) is 30.6 Å². The highest BCUT2D eigenvalue weighted by atomic mass is 32.2. The molecule has 0 aliphatic rings. The second-order valence-electron chi connectivity index (χ2n) is 7.06. The molecule has 0 saturated heterocycles. The van der Waals surface area contributed by atoms with Crippen molar-refractivity contribution >= 4 is 17.9 Å². The molecule has 1 heterocycles. The van der Waals surface area contributed by atoms with Gasteiger partial charge in [0.05, 0.1) is 12.2 Å². The Hall–Kier alpha value is -1.01. The number of ether oxygens (including phenoxy) is 1. The Morgan fingerprint density at radius 2 is 1.67 bits per heavy atom. The lowest BCUT2D eigenvalue weighted by atomic mass is 10.2. The molecule has 0 spiro atoms. The molecule has 0 unspecified atom stereocenters. The number of hydrogen-bond acceptors (Lipinski definition) is 6. The van der Waals surface area contributed by atoms with Gasteiger partial charge in [-0.1, -0.05) is 31.0 Å². The second kappa shape index (κ2) is 11.5. The third-order valence-electron chi connectivity index (χ3n) is 2.31. The Labute approximate surface area is 152 Å². The van der Waals surface area contributed by atoms with Crippen molar-refractivity contribution in [3.63, 3.8) is 0 Å². The van der Waals surface area contributed by atoms with Crippen molar-refractivity contribution in [1.82, 2.24) is 9.88 Å². The highest BCUT2D eigenvalue weighted by molar-refractivity contribution is 7.98. The van der Waals surface area contributed by atoms with E-state index in [1.807, 2.05) is 48.5 Å². The van der Waals surface area contributed by atoms with Crippen LogP contribution >= 0.6 is 11.9 Å². The number of esters is 1. The molecule has 6 heteroatoms. The molecule has 0 amide bonds. The van der Waals surface area contributed by atoms with Gasteiger partial charge >= 0.3 is 5.97 Å². The third-order valence-corrected chi connectivity index (χ3v) is 3.22. The lowest BCUT2D eigenvalue weighted by Crippen LogP contribution is -2.21. The molecular formula is C18H36N2O3S. The fraction of sp³-hybridized carbons (Fsp3) is 0.778. The first-order valence-electron chi connectivity index (χ1n) is 8.34. The van der Waals surface area contributed by atoms with Gasteiger partial charge in [0.25, 0.3) is 0 Å². The van der Waals surface area contributed by atoms with Crippen LogP contribution in [0.5, 0.6) is 0 Å². The molecule has 0 atom stereocenters. The van der Waals surface area contributed by atoms with Gasteiger partial charge in [0.1, 0.15) is 5.60 Å². The monoisotopic (exact) mass is 360 g/mol. The minimum absolute atomic E-state index is 0.225. The van der Waals surface area contributed by atoms with Crippen molar-refractivity contribution in [3.8, 4) is 0 Å². The maximum atomic E-state index is 10.2. The number of rotatable bonds is 3. The van der Waals surface area contributed by atoms with Crippen molar-refractivity contribution in [3.05, 3.63) is 17.0 Å².